The van der Waals surface area contributed by atoms with E-state index < -0.39 is 17.2 Å². The zero-order valence-corrected chi connectivity index (χ0v) is 29.6. The molecule has 0 aromatic rings. The maximum Gasteiger partial charge on any atom is 0.309 e. The monoisotopic (exact) mass is 613 g/mol. The molecule has 5 saturated carbocycles. The van der Waals surface area contributed by atoms with Crippen molar-refractivity contribution in [3.05, 3.63) is 0 Å². The van der Waals surface area contributed by atoms with Gasteiger partial charge in [0.05, 0.1) is 12.0 Å². The van der Waals surface area contributed by atoms with Gasteiger partial charge >= 0.3 is 5.97 Å². The number of carboxylic acid groups (broad SMARTS) is 1. The molecule has 4 heteroatoms. The van der Waals surface area contributed by atoms with Gasteiger partial charge in [0.15, 0.2) is 5.79 Å². The van der Waals surface area contributed by atoms with E-state index in [1.54, 1.807) is 0 Å². The van der Waals surface area contributed by atoms with Crippen LogP contribution in [0.3, 0.4) is 0 Å². The standard InChI is InChI=1S/C40H68O4/c1-7-9-11-13-17-37-25-26-39(18-14-12-10-8-2)32-27-35(5,33(41)42)22-21-34(32,4)23-24-36(39,6)30(37)15-19-38-28-44-40(43,29(38)3)20-16-31(37)38/h29-32,43H,7-28H2,1-6H3,(H,41,42)/t29-,30-,31+,32-,34-,35-,36-,37-,38+,39+,40+/m1/s1. The Morgan fingerprint density at radius 2 is 1.41 bits per heavy atom. The summed E-state index contributed by atoms with van der Waals surface area (Å²) in [5, 5.41) is 22.1. The largest absolute Gasteiger partial charge is 0.481 e. The average molecular weight is 613 g/mol. The molecule has 2 bridgehead atoms. The van der Waals surface area contributed by atoms with Crippen LogP contribution < -0.4 is 0 Å². The molecule has 5 aliphatic carbocycles. The molecule has 2 N–H and O–H groups in total. The second-order valence-corrected chi connectivity index (χ2v) is 18.5. The van der Waals surface area contributed by atoms with Gasteiger partial charge in [-0.15, -0.1) is 0 Å². The fourth-order valence-corrected chi connectivity index (χ4v) is 14.2. The van der Waals surface area contributed by atoms with Crippen LogP contribution in [0.4, 0.5) is 0 Å². The van der Waals surface area contributed by atoms with E-state index >= 15 is 0 Å². The highest BCUT2D eigenvalue weighted by molar-refractivity contribution is 5.74. The van der Waals surface area contributed by atoms with Crippen LogP contribution >= 0.6 is 0 Å². The predicted molar refractivity (Wildman–Crippen MR) is 178 cm³/mol. The topological polar surface area (TPSA) is 66.8 Å². The minimum atomic E-state index is -0.912. The number of carboxylic acids is 1. The zero-order chi connectivity index (χ0) is 31.7. The average Bonchev–Trinajstić information content (AvgIpc) is 3.13. The summed E-state index contributed by atoms with van der Waals surface area (Å²) in [5.74, 6) is 0.605. The molecule has 0 aromatic carbocycles. The molecule has 1 aliphatic heterocycles. The van der Waals surface area contributed by atoms with Crippen LogP contribution in [0.15, 0.2) is 0 Å². The maximum atomic E-state index is 12.8. The molecule has 44 heavy (non-hydrogen) atoms. The molecule has 0 radical (unpaired) electrons. The molecule has 4 nitrogen and oxygen atoms in total. The van der Waals surface area contributed by atoms with Crippen molar-refractivity contribution in [2.75, 3.05) is 6.61 Å². The molecule has 6 aliphatic rings. The summed E-state index contributed by atoms with van der Waals surface area (Å²) in [6.45, 7) is 15.2. The second-order valence-electron chi connectivity index (χ2n) is 18.5. The van der Waals surface area contributed by atoms with Crippen molar-refractivity contribution in [1.82, 2.24) is 0 Å². The fraction of sp³-hybridized carbons (Fsp3) is 0.975. The Labute approximate surface area is 270 Å². The van der Waals surface area contributed by atoms with Crippen molar-refractivity contribution in [3.63, 3.8) is 0 Å². The Balaban J connectivity index is 1.44. The Kier molecular flexibility index (Phi) is 8.72. The van der Waals surface area contributed by atoms with E-state index in [-0.39, 0.29) is 27.6 Å². The van der Waals surface area contributed by atoms with E-state index in [0.29, 0.717) is 23.2 Å². The Hall–Kier alpha value is -0.610. The molecule has 6 fully saturated rings. The minimum Gasteiger partial charge on any atom is -0.481 e. The van der Waals surface area contributed by atoms with Crippen LogP contribution in [0.5, 0.6) is 0 Å². The summed E-state index contributed by atoms with van der Waals surface area (Å²) in [5.41, 5.74) is 0.623. The highest BCUT2D eigenvalue weighted by atomic mass is 16.6. The number of aliphatic carboxylic acids is 1. The first kappa shape index (κ1) is 33.3. The summed E-state index contributed by atoms with van der Waals surface area (Å²) >= 11 is 0. The molecule has 1 spiro atoms. The van der Waals surface area contributed by atoms with Crippen molar-refractivity contribution in [1.29, 1.82) is 0 Å². The lowest BCUT2D eigenvalue weighted by molar-refractivity contribution is -0.279. The lowest BCUT2D eigenvalue weighted by Crippen LogP contribution is -2.69. The molecular weight excluding hydrogens is 544 g/mol. The molecule has 0 aromatic heterocycles. The number of rotatable bonds is 11. The van der Waals surface area contributed by atoms with Gasteiger partial charge in [-0.3, -0.25) is 4.79 Å². The van der Waals surface area contributed by atoms with E-state index in [2.05, 4.69) is 41.5 Å². The first-order valence-electron chi connectivity index (χ1n) is 19.4. The Morgan fingerprint density at radius 1 is 0.750 bits per heavy atom. The molecule has 1 saturated heterocycles. The Morgan fingerprint density at radius 3 is 2.09 bits per heavy atom. The first-order valence-corrected chi connectivity index (χ1v) is 19.4. The minimum absolute atomic E-state index is 0.127. The van der Waals surface area contributed by atoms with Gasteiger partial charge in [0.2, 0.25) is 0 Å². The number of carbonyl (C=O) groups is 1. The summed E-state index contributed by atoms with van der Waals surface area (Å²) in [6.07, 6.45) is 25.6. The van der Waals surface area contributed by atoms with Gasteiger partial charge in [0.25, 0.3) is 0 Å². The van der Waals surface area contributed by atoms with Crippen molar-refractivity contribution < 1.29 is 19.7 Å². The van der Waals surface area contributed by atoms with Crippen LogP contribution in [0.1, 0.15) is 176 Å². The molecule has 0 amide bonds. The van der Waals surface area contributed by atoms with Gasteiger partial charge in [-0.25, -0.2) is 0 Å². The summed E-state index contributed by atoms with van der Waals surface area (Å²) < 4.78 is 6.36. The van der Waals surface area contributed by atoms with Gasteiger partial charge in [-0.05, 0) is 123 Å². The highest BCUT2D eigenvalue weighted by Crippen LogP contribution is 2.81. The van der Waals surface area contributed by atoms with Crippen LogP contribution in [0.25, 0.3) is 0 Å². The molecule has 6 rings (SSSR count). The summed E-state index contributed by atoms with van der Waals surface area (Å²) in [7, 11) is 0. The van der Waals surface area contributed by atoms with E-state index in [0.717, 1.165) is 38.7 Å². The van der Waals surface area contributed by atoms with Crippen molar-refractivity contribution in [2.24, 2.45) is 56.2 Å². The molecule has 11 atom stereocenters. The lowest BCUT2D eigenvalue weighted by Gasteiger charge is -2.76. The van der Waals surface area contributed by atoms with Gasteiger partial charge in [-0.2, -0.15) is 0 Å². The summed E-state index contributed by atoms with van der Waals surface area (Å²) in [6, 6.07) is 0. The van der Waals surface area contributed by atoms with E-state index in [4.69, 9.17) is 4.74 Å². The third-order valence-electron chi connectivity index (χ3n) is 17.0. The molecule has 1 heterocycles. The lowest BCUT2D eigenvalue weighted by atomic mass is 9.28. The van der Waals surface area contributed by atoms with Gasteiger partial charge in [-0.1, -0.05) is 86.0 Å². The first-order chi connectivity index (χ1) is 20.8. The number of hydrogen-bond acceptors (Lipinski definition) is 3. The van der Waals surface area contributed by atoms with Crippen molar-refractivity contribution in [3.8, 4) is 0 Å². The summed E-state index contributed by atoms with van der Waals surface area (Å²) in [4.78, 5) is 12.8. The third-order valence-corrected chi connectivity index (χ3v) is 17.0. The molecule has 252 valence electrons. The zero-order valence-electron chi connectivity index (χ0n) is 29.6. The van der Waals surface area contributed by atoms with Gasteiger partial charge < -0.3 is 14.9 Å². The number of aliphatic hydroxyl groups is 1. The highest BCUT2D eigenvalue weighted by Gasteiger charge is 2.75. The third kappa shape index (κ3) is 4.58. The van der Waals surface area contributed by atoms with Crippen LogP contribution in [0, 0.1) is 56.2 Å². The number of unbranched alkanes of at least 4 members (excludes halogenated alkanes) is 6. The predicted octanol–water partition coefficient (Wildman–Crippen LogP) is 10.6. The number of ether oxygens (including phenoxy) is 1. The molecular formula is C40H68O4. The van der Waals surface area contributed by atoms with E-state index in [9.17, 15) is 15.0 Å². The van der Waals surface area contributed by atoms with Gasteiger partial charge in [0.1, 0.15) is 0 Å². The number of fused-ring (bicyclic) bond motifs is 7. The van der Waals surface area contributed by atoms with Crippen LogP contribution in [0.2, 0.25) is 0 Å². The van der Waals surface area contributed by atoms with Crippen LogP contribution in [-0.4, -0.2) is 28.6 Å². The fourth-order valence-electron chi connectivity index (χ4n) is 14.2. The number of hydrogen-bond donors (Lipinski definition) is 2. The SMILES string of the molecule is CCCCCC[C@@]12CC[C@@]3(CCCCCC)[C@@H]4C[C@](C)(C(=O)O)CC[C@]4(C)CC[C@]3(C)[C@H]1CC[C@@]13CO[C@@](O)(CC[C@H]12)[C@@H]3C. The van der Waals surface area contributed by atoms with Gasteiger partial charge in [0, 0.05) is 17.8 Å². The van der Waals surface area contributed by atoms with Crippen molar-refractivity contribution >= 4 is 5.97 Å². The van der Waals surface area contributed by atoms with E-state index in [1.165, 1.54) is 103 Å². The quantitative estimate of drug-likeness (QED) is 0.228. The Bertz CT molecular complexity index is 1070. The molecule has 0 unspecified atom stereocenters. The maximum absolute atomic E-state index is 12.8. The smallest absolute Gasteiger partial charge is 0.309 e. The van der Waals surface area contributed by atoms with E-state index in [1.807, 2.05) is 0 Å². The second kappa shape index (κ2) is 11.5. The van der Waals surface area contributed by atoms with Crippen molar-refractivity contribution in [2.45, 2.75) is 182 Å². The normalized spacial score (nSPS) is 51.2. The van der Waals surface area contributed by atoms with Crippen LogP contribution in [-0.2, 0) is 9.53 Å².